The summed E-state index contributed by atoms with van der Waals surface area (Å²) in [6.07, 6.45) is 8.08. The highest BCUT2D eigenvalue weighted by Gasteiger charge is 2.48. The minimum Gasteiger partial charge on any atom is -0.451 e. The number of ether oxygens (including phenoxy) is 1. The van der Waals surface area contributed by atoms with Crippen LogP contribution in [0, 0.1) is 17.2 Å². The molecule has 50 heavy (non-hydrogen) atoms. The van der Waals surface area contributed by atoms with Crippen molar-refractivity contribution in [3.63, 3.8) is 0 Å². The molecular weight excluding hydrogens is 683 g/mol. The monoisotopic (exact) mass is 734 g/mol. The third kappa shape index (κ3) is 7.34. The average Bonchev–Trinajstić information content (AvgIpc) is 3.70. The second-order valence-corrected chi connectivity index (χ2v) is 17.3. The number of hydrogen-bond donors (Lipinski definition) is 1. The first kappa shape index (κ1) is 37.1. The van der Waals surface area contributed by atoms with Gasteiger partial charge in [0.25, 0.3) is 16.1 Å². The summed E-state index contributed by atoms with van der Waals surface area (Å²) < 4.78 is 50.8. The lowest BCUT2D eigenvalue weighted by Crippen LogP contribution is -2.61. The highest BCUT2D eigenvalue weighted by Crippen LogP contribution is 2.45. The van der Waals surface area contributed by atoms with Gasteiger partial charge in [-0.15, -0.1) is 12.4 Å². The number of anilines is 1. The number of benzene rings is 1. The first-order chi connectivity index (χ1) is 23.4. The molecule has 5 aliphatic heterocycles. The summed E-state index contributed by atoms with van der Waals surface area (Å²) in [5, 5.41) is 3.40. The summed E-state index contributed by atoms with van der Waals surface area (Å²) >= 11 is 0. The molecule has 1 aromatic carbocycles. The van der Waals surface area contributed by atoms with E-state index in [1.807, 2.05) is 27.7 Å². The second kappa shape index (κ2) is 14.8. The Hall–Kier alpha value is -2.62. The third-order valence-electron chi connectivity index (χ3n) is 11.4. The van der Waals surface area contributed by atoms with Gasteiger partial charge in [-0.1, -0.05) is 0 Å². The van der Waals surface area contributed by atoms with Crippen molar-refractivity contribution in [1.29, 1.82) is 0 Å². The zero-order chi connectivity index (χ0) is 34.5. The van der Waals surface area contributed by atoms with E-state index >= 15 is 0 Å². The standard InChI is InChI=1S/C35H51FN8O4S.ClH/c1-24(2)44(25(3)4)34(45)30-15-27(36)5-6-31(30)48-32-18-37-23-39-33(32)41-21-35(22-41)9-13-40(14-10-35)19-26-7-11-42(12-8-26)49(46,47)43-20-28-16-29(43)17-38-28;/h5-6,15,18,23-26,28-29,38H,7-14,16-17,19-22H2,1-4H3;1H/t28-,29-;/m0./s1. The number of nitrogens with one attached hydrogen (secondary N) is 1. The van der Waals surface area contributed by atoms with Gasteiger partial charge in [0.1, 0.15) is 17.9 Å². The highest BCUT2D eigenvalue weighted by molar-refractivity contribution is 7.86. The number of fused-ring (bicyclic) bond motifs is 2. The Morgan fingerprint density at radius 1 is 1.08 bits per heavy atom. The summed E-state index contributed by atoms with van der Waals surface area (Å²) in [6.45, 7) is 15.2. The molecule has 1 N–H and O–H groups in total. The van der Waals surface area contributed by atoms with Gasteiger partial charge in [0.05, 0.1) is 11.8 Å². The van der Waals surface area contributed by atoms with E-state index in [4.69, 9.17) is 4.74 Å². The van der Waals surface area contributed by atoms with Crippen LogP contribution < -0.4 is 15.0 Å². The number of rotatable bonds is 10. The lowest BCUT2D eigenvalue weighted by atomic mass is 9.72. The molecule has 12 nitrogen and oxygen atoms in total. The molecular formula is C35H52ClFN8O4S. The topological polar surface area (TPSA) is 114 Å². The third-order valence-corrected chi connectivity index (χ3v) is 13.4. The Balaban J connectivity index is 0.00000432. The molecule has 7 rings (SSSR count). The van der Waals surface area contributed by atoms with Gasteiger partial charge in [0.2, 0.25) is 0 Å². The number of nitrogens with zero attached hydrogens (tertiary/aromatic N) is 7. The Labute approximate surface area is 302 Å². The Morgan fingerprint density at radius 3 is 2.40 bits per heavy atom. The van der Waals surface area contributed by atoms with Crippen molar-refractivity contribution in [3.8, 4) is 11.5 Å². The van der Waals surface area contributed by atoms with Gasteiger partial charge in [-0.2, -0.15) is 17.0 Å². The molecule has 276 valence electrons. The summed E-state index contributed by atoms with van der Waals surface area (Å²) in [5.41, 5.74) is 0.388. The molecule has 0 radical (unpaired) electrons. The van der Waals surface area contributed by atoms with Gasteiger partial charge in [-0.25, -0.2) is 14.4 Å². The molecule has 5 saturated heterocycles. The number of carbonyl (C=O) groups is 1. The van der Waals surface area contributed by atoms with Crippen LogP contribution in [0.3, 0.4) is 0 Å². The fourth-order valence-electron chi connectivity index (χ4n) is 8.78. The first-order valence-corrected chi connectivity index (χ1v) is 19.4. The fourth-order valence-corrected chi connectivity index (χ4v) is 10.7. The van der Waals surface area contributed by atoms with E-state index in [1.54, 1.807) is 19.7 Å². The number of carbonyl (C=O) groups excluding carboxylic acids is 1. The minimum atomic E-state index is -3.37. The number of hydrogen-bond acceptors (Lipinski definition) is 9. The van der Waals surface area contributed by atoms with Crippen molar-refractivity contribution in [2.24, 2.45) is 11.3 Å². The predicted octanol–water partition coefficient (Wildman–Crippen LogP) is 3.99. The van der Waals surface area contributed by atoms with Crippen molar-refractivity contribution < 1.29 is 22.3 Å². The van der Waals surface area contributed by atoms with Gasteiger partial charge in [0, 0.05) is 75.4 Å². The van der Waals surface area contributed by atoms with Crippen LogP contribution in [-0.2, 0) is 10.2 Å². The van der Waals surface area contributed by atoms with E-state index in [0.29, 0.717) is 43.2 Å². The number of amides is 1. The zero-order valence-electron chi connectivity index (χ0n) is 29.6. The minimum absolute atomic E-state index is 0. The van der Waals surface area contributed by atoms with Gasteiger partial charge < -0.3 is 24.8 Å². The molecule has 2 atom stereocenters. The molecule has 0 aliphatic carbocycles. The number of piperidine rings is 2. The molecule has 0 unspecified atom stereocenters. The summed E-state index contributed by atoms with van der Waals surface area (Å²) in [7, 11) is -3.37. The van der Waals surface area contributed by atoms with E-state index < -0.39 is 16.0 Å². The maximum absolute atomic E-state index is 14.4. The van der Waals surface area contributed by atoms with Gasteiger partial charge in [-0.05, 0) is 97.0 Å². The van der Waals surface area contributed by atoms with Gasteiger partial charge >= 0.3 is 0 Å². The maximum atomic E-state index is 14.4. The van der Waals surface area contributed by atoms with E-state index in [9.17, 15) is 17.6 Å². The molecule has 1 spiro atoms. The second-order valence-electron chi connectivity index (χ2n) is 15.4. The molecule has 2 bridgehead atoms. The van der Waals surface area contributed by atoms with Crippen molar-refractivity contribution in [3.05, 3.63) is 42.1 Å². The van der Waals surface area contributed by atoms with Crippen molar-refractivity contribution in [1.82, 2.24) is 33.7 Å². The molecule has 2 aromatic rings. The number of aromatic nitrogens is 2. The van der Waals surface area contributed by atoms with Gasteiger partial charge in [-0.3, -0.25) is 4.79 Å². The molecule has 0 saturated carbocycles. The Bertz CT molecular complexity index is 1620. The molecule has 5 fully saturated rings. The lowest BCUT2D eigenvalue weighted by molar-refractivity contribution is 0.0607. The Kier molecular flexibility index (Phi) is 11.0. The van der Waals surface area contributed by atoms with E-state index in [1.165, 1.54) is 24.5 Å². The van der Waals surface area contributed by atoms with Crippen molar-refractivity contribution in [2.75, 3.05) is 63.8 Å². The van der Waals surface area contributed by atoms with Crippen LogP contribution in [0.5, 0.6) is 11.5 Å². The maximum Gasteiger partial charge on any atom is 0.282 e. The quantitative estimate of drug-likeness (QED) is 0.387. The van der Waals surface area contributed by atoms with Crippen LogP contribution in [0.2, 0.25) is 0 Å². The zero-order valence-corrected chi connectivity index (χ0v) is 31.3. The Morgan fingerprint density at radius 2 is 1.78 bits per heavy atom. The largest absolute Gasteiger partial charge is 0.451 e. The number of piperazine rings is 1. The van der Waals surface area contributed by atoms with Crippen LogP contribution in [0.1, 0.15) is 70.2 Å². The van der Waals surface area contributed by atoms with Crippen LogP contribution in [0.15, 0.2) is 30.7 Å². The normalized spacial score (nSPS) is 24.5. The summed E-state index contributed by atoms with van der Waals surface area (Å²) in [6, 6.07) is 4.36. The molecule has 6 heterocycles. The predicted molar refractivity (Wildman–Crippen MR) is 193 cm³/mol. The van der Waals surface area contributed by atoms with Crippen molar-refractivity contribution >= 4 is 34.3 Å². The number of halogens is 2. The van der Waals surface area contributed by atoms with Crippen LogP contribution in [0.25, 0.3) is 0 Å². The lowest BCUT2D eigenvalue weighted by Gasteiger charge is -2.54. The van der Waals surface area contributed by atoms with Gasteiger partial charge in [0.15, 0.2) is 11.6 Å². The first-order valence-electron chi connectivity index (χ1n) is 18.0. The van der Waals surface area contributed by atoms with Crippen LogP contribution >= 0.6 is 12.4 Å². The number of likely N-dealkylation sites (tertiary alicyclic amines) is 1. The van der Waals surface area contributed by atoms with E-state index in [-0.39, 0.29) is 53.2 Å². The average molecular weight is 735 g/mol. The fraction of sp³-hybridized carbons (Fsp3) is 0.686. The molecule has 15 heteroatoms. The molecule has 1 aromatic heterocycles. The summed E-state index contributed by atoms with van der Waals surface area (Å²) in [4.78, 5) is 28.8. The SMILES string of the molecule is CC(C)N(C(=O)c1cc(F)ccc1Oc1cncnc1N1CC2(CCN(CC3CCN(S(=O)(=O)N4C[C@@H]5C[C@H]4CN5)CC3)CC2)C1)C(C)C.Cl. The van der Waals surface area contributed by atoms with Crippen LogP contribution in [0.4, 0.5) is 10.2 Å². The summed E-state index contributed by atoms with van der Waals surface area (Å²) in [5.74, 6) is 1.14. The van der Waals surface area contributed by atoms with E-state index in [0.717, 1.165) is 71.4 Å². The smallest absolute Gasteiger partial charge is 0.282 e. The van der Waals surface area contributed by atoms with E-state index in [2.05, 4.69) is 25.1 Å². The highest BCUT2D eigenvalue weighted by atomic mass is 35.5. The van der Waals surface area contributed by atoms with Crippen LogP contribution in [-0.4, -0.2) is 126 Å². The van der Waals surface area contributed by atoms with Crippen molar-refractivity contribution in [2.45, 2.75) is 84.0 Å². The molecule has 5 aliphatic rings. The molecule has 1 amide bonds.